The van der Waals surface area contributed by atoms with Gasteiger partial charge in [0.2, 0.25) is 6.29 Å². The van der Waals surface area contributed by atoms with E-state index in [1.807, 2.05) is 0 Å². The summed E-state index contributed by atoms with van der Waals surface area (Å²) in [5, 5.41) is 29.0. The Hall–Kier alpha value is -1.38. The summed E-state index contributed by atoms with van der Waals surface area (Å²) in [7, 11) is 0. The van der Waals surface area contributed by atoms with Crippen LogP contribution in [0.25, 0.3) is 0 Å². The maximum absolute atomic E-state index is 10.2. The van der Waals surface area contributed by atoms with E-state index in [0.717, 1.165) is 0 Å². The average molecular weight is 299 g/mol. The van der Waals surface area contributed by atoms with Gasteiger partial charge in [-0.3, -0.25) is 0 Å². The van der Waals surface area contributed by atoms with Crippen molar-refractivity contribution in [1.29, 1.82) is 0 Å². The third-order valence-electron chi connectivity index (χ3n) is 3.32. The minimum absolute atomic E-state index is 0.0140. The predicted molar refractivity (Wildman–Crippen MR) is 74.7 cm³/mol. The lowest BCUT2D eigenvalue weighted by atomic mass is 9.99. The van der Waals surface area contributed by atoms with Crippen molar-refractivity contribution < 1.29 is 29.5 Å². The SMILES string of the molecule is C[C@@H]1O[C@H](Oc2ccc(N)cc2)[C@@H](O)[C@H](OCCO)[C@@H]1O. The fourth-order valence-electron chi connectivity index (χ4n) is 2.16. The number of nitrogens with two attached hydrogens (primary N) is 1. The molecule has 21 heavy (non-hydrogen) atoms. The predicted octanol–water partition coefficient (Wildman–Crippen LogP) is -0.508. The Morgan fingerprint density at radius 1 is 1.19 bits per heavy atom. The van der Waals surface area contributed by atoms with Crippen LogP contribution in [-0.4, -0.2) is 59.2 Å². The van der Waals surface area contributed by atoms with Crippen LogP contribution in [0.1, 0.15) is 6.92 Å². The second kappa shape index (κ2) is 7.06. The molecule has 1 aromatic carbocycles. The molecule has 118 valence electrons. The van der Waals surface area contributed by atoms with E-state index in [1.54, 1.807) is 31.2 Å². The maximum Gasteiger partial charge on any atom is 0.229 e. The van der Waals surface area contributed by atoms with Gasteiger partial charge in [-0.1, -0.05) is 0 Å². The Kier molecular flexibility index (Phi) is 5.38. The minimum Gasteiger partial charge on any atom is -0.462 e. The summed E-state index contributed by atoms with van der Waals surface area (Å²) in [4.78, 5) is 0. The van der Waals surface area contributed by atoms with E-state index in [2.05, 4.69) is 0 Å². The monoisotopic (exact) mass is 299 g/mol. The van der Waals surface area contributed by atoms with Gasteiger partial charge in [0, 0.05) is 5.69 Å². The largest absolute Gasteiger partial charge is 0.462 e. The molecule has 1 aromatic rings. The van der Waals surface area contributed by atoms with E-state index in [4.69, 9.17) is 25.1 Å². The number of ether oxygens (including phenoxy) is 3. The molecule has 0 saturated carbocycles. The molecule has 5 N–H and O–H groups in total. The fraction of sp³-hybridized carbons (Fsp3) is 0.571. The van der Waals surface area contributed by atoms with Crippen molar-refractivity contribution in [3.05, 3.63) is 24.3 Å². The third kappa shape index (κ3) is 3.84. The summed E-state index contributed by atoms with van der Waals surface area (Å²) >= 11 is 0. The number of anilines is 1. The van der Waals surface area contributed by atoms with Gasteiger partial charge in [-0.05, 0) is 31.2 Å². The molecular formula is C14H21NO6. The first kappa shape index (κ1) is 16.0. The number of hydrogen-bond donors (Lipinski definition) is 4. The summed E-state index contributed by atoms with van der Waals surface area (Å²) in [5.41, 5.74) is 6.19. The van der Waals surface area contributed by atoms with Crippen LogP contribution >= 0.6 is 0 Å². The zero-order valence-electron chi connectivity index (χ0n) is 11.8. The second-order valence-electron chi connectivity index (χ2n) is 4.94. The molecule has 7 nitrogen and oxygen atoms in total. The molecule has 0 amide bonds. The van der Waals surface area contributed by atoms with Crippen molar-refractivity contribution in [2.75, 3.05) is 18.9 Å². The van der Waals surface area contributed by atoms with Crippen molar-refractivity contribution in [3.63, 3.8) is 0 Å². The summed E-state index contributed by atoms with van der Waals surface area (Å²) in [6, 6.07) is 6.65. The Morgan fingerprint density at radius 3 is 2.48 bits per heavy atom. The van der Waals surface area contributed by atoms with Gasteiger partial charge in [0.1, 0.15) is 24.1 Å². The van der Waals surface area contributed by atoms with E-state index >= 15 is 0 Å². The molecule has 1 fully saturated rings. The van der Waals surface area contributed by atoms with Crippen LogP contribution in [0.2, 0.25) is 0 Å². The van der Waals surface area contributed by atoms with Crippen molar-refractivity contribution in [2.45, 2.75) is 37.6 Å². The first-order valence-electron chi connectivity index (χ1n) is 6.79. The molecule has 1 aliphatic heterocycles. The molecule has 0 radical (unpaired) electrons. The molecular weight excluding hydrogens is 278 g/mol. The summed E-state index contributed by atoms with van der Waals surface area (Å²) < 4.78 is 16.3. The second-order valence-corrected chi connectivity index (χ2v) is 4.94. The zero-order valence-corrected chi connectivity index (χ0v) is 11.8. The van der Waals surface area contributed by atoms with E-state index in [0.29, 0.717) is 11.4 Å². The van der Waals surface area contributed by atoms with Crippen LogP contribution < -0.4 is 10.5 Å². The van der Waals surface area contributed by atoms with Gasteiger partial charge in [0.25, 0.3) is 0 Å². The van der Waals surface area contributed by atoms with Crippen LogP contribution in [0.3, 0.4) is 0 Å². The Morgan fingerprint density at radius 2 is 1.86 bits per heavy atom. The first-order chi connectivity index (χ1) is 10.0. The molecule has 5 atom stereocenters. The fourth-order valence-corrected chi connectivity index (χ4v) is 2.16. The Bertz CT molecular complexity index is 440. The first-order valence-corrected chi connectivity index (χ1v) is 6.79. The van der Waals surface area contributed by atoms with Gasteiger partial charge in [0.15, 0.2) is 0 Å². The van der Waals surface area contributed by atoms with Crippen LogP contribution in [0.4, 0.5) is 5.69 Å². The lowest BCUT2D eigenvalue weighted by Crippen LogP contribution is -2.59. The molecule has 1 aliphatic rings. The quantitative estimate of drug-likeness (QED) is 0.541. The van der Waals surface area contributed by atoms with Crippen molar-refractivity contribution >= 4 is 5.69 Å². The number of aliphatic hydroxyl groups is 3. The van der Waals surface area contributed by atoms with Gasteiger partial charge in [-0.2, -0.15) is 0 Å². The molecule has 0 aromatic heterocycles. The summed E-state index contributed by atoms with van der Waals surface area (Å²) in [6.07, 6.45) is -4.62. The van der Waals surface area contributed by atoms with E-state index < -0.39 is 30.7 Å². The maximum atomic E-state index is 10.2. The number of hydrogen-bond acceptors (Lipinski definition) is 7. The lowest BCUT2D eigenvalue weighted by Gasteiger charge is -2.41. The number of rotatable bonds is 5. The van der Waals surface area contributed by atoms with E-state index in [9.17, 15) is 10.2 Å². The Balaban J connectivity index is 2.06. The molecule has 2 rings (SSSR count). The van der Waals surface area contributed by atoms with Crippen LogP contribution in [0.5, 0.6) is 5.75 Å². The summed E-state index contributed by atoms with van der Waals surface area (Å²) in [5.74, 6) is 0.484. The van der Waals surface area contributed by atoms with Crippen molar-refractivity contribution in [1.82, 2.24) is 0 Å². The van der Waals surface area contributed by atoms with E-state index in [1.165, 1.54) is 0 Å². The smallest absolute Gasteiger partial charge is 0.229 e. The van der Waals surface area contributed by atoms with Gasteiger partial charge >= 0.3 is 0 Å². The highest BCUT2D eigenvalue weighted by Crippen LogP contribution is 2.26. The van der Waals surface area contributed by atoms with Gasteiger partial charge in [-0.15, -0.1) is 0 Å². The number of nitrogen functional groups attached to an aromatic ring is 1. The molecule has 7 heteroatoms. The molecule has 0 aliphatic carbocycles. The normalized spacial score (nSPS) is 32.9. The van der Waals surface area contributed by atoms with Gasteiger partial charge in [-0.25, -0.2) is 0 Å². The third-order valence-corrected chi connectivity index (χ3v) is 3.32. The average Bonchev–Trinajstić information content (AvgIpc) is 2.47. The van der Waals surface area contributed by atoms with Crippen molar-refractivity contribution in [2.24, 2.45) is 0 Å². The number of aliphatic hydroxyl groups excluding tert-OH is 3. The standard InChI is InChI=1S/C14H21NO6/c1-8-11(17)13(19-7-6-16)12(18)14(20-8)21-10-4-2-9(15)3-5-10/h2-5,8,11-14,16-18H,6-7,15H2,1H3/t8-,11+,12-,13+,14+/m0/s1. The van der Waals surface area contributed by atoms with E-state index in [-0.39, 0.29) is 13.2 Å². The number of benzene rings is 1. The van der Waals surface area contributed by atoms with Gasteiger partial charge < -0.3 is 35.3 Å². The Labute approximate surface area is 122 Å². The van der Waals surface area contributed by atoms with Gasteiger partial charge in [0.05, 0.1) is 19.3 Å². The molecule has 0 spiro atoms. The molecule has 1 heterocycles. The molecule has 1 saturated heterocycles. The highest BCUT2D eigenvalue weighted by atomic mass is 16.7. The molecule has 0 bridgehead atoms. The van der Waals surface area contributed by atoms with Crippen LogP contribution in [-0.2, 0) is 9.47 Å². The summed E-state index contributed by atoms with van der Waals surface area (Å²) in [6.45, 7) is 1.47. The minimum atomic E-state index is -1.18. The highest BCUT2D eigenvalue weighted by Gasteiger charge is 2.44. The molecule has 0 unspecified atom stereocenters. The van der Waals surface area contributed by atoms with Crippen molar-refractivity contribution in [3.8, 4) is 5.75 Å². The highest BCUT2D eigenvalue weighted by molar-refractivity contribution is 5.41. The van der Waals surface area contributed by atoms with Crippen LogP contribution in [0, 0.1) is 0 Å². The topological polar surface area (TPSA) is 114 Å². The zero-order chi connectivity index (χ0) is 15.4. The van der Waals surface area contributed by atoms with Crippen LogP contribution in [0.15, 0.2) is 24.3 Å². The lowest BCUT2D eigenvalue weighted by molar-refractivity contribution is -0.277.